The van der Waals surface area contributed by atoms with E-state index in [2.05, 4.69) is 20.3 Å². The van der Waals surface area contributed by atoms with E-state index >= 15 is 0 Å². The second-order valence-electron chi connectivity index (χ2n) is 5.84. The molecule has 4 rings (SSSR count). The summed E-state index contributed by atoms with van der Waals surface area (Å²) < 4.78 is 0. The molecule has 0 saturated carbocycles. The number of amides is 1. The quantitative estimate of drug-likeness (QED) is 0.505. The van der Waals surface area contributed by atoms with E-state index in [4.69, 9.17) is 0 Å². The Hall–Kier alpha value is -3.03. The first-order chi connectivity index (χ1) is 13.8. The Morgan fingerprint density at radius 2 is 1.82 bits per heavy atom. The van der Waals surface area contributed by atoms with Crippen LogP contribution in [0.25, 0.3) is 11.3 Å². The normalized spacial score (nSPS) is 10.6. The Morgan fingerprint density at radius 1 is 1.00 bits per heavy atom. The van der Waals surface area contributed by atoms with Gasteiger partial charge in [-0.25, -0.2) is 9.97 Å². The first kappa shape index (κ1) is 18.3. The standard InChI is InChI=1S/C21H16N4OS2/c26-21(16-4-6-17(7-5-16)28-19-3-1-2-10-23-19)24-13-20-25-18(14-27-20)15-8-11-22-12-9-15/h1-12,14H,13H2,(H,24,26). The molecule has 4 aromatic rings. The molecular weight excluding hydrogens is 388 g/mol. The van der Waals surface area contributed by atoms with Crippen LogP contribution in [0.5, 0.6) is 0 Å². The summed E-state index contributed by atoms with van der Waals surface area (Å²) in [5.41, 5.74) is 2.54. The van der Waals surface area contributed by atoms with Gasteiger partial charge in [0.1, 0.15) is 10.0 Å². The minimum Gasteiger partial charge on any atom is -0.346 e. The summed E-state index contributed by atoms with van der Waals surface area (Å²) in [5, 5.41) is 6.70. The SMILES string of the molecule is O=C(NCc1nc(-c2ccncc2)cs1)c1ccc(Sc2ccccn2)cc1. The molecule has 0 atom stereocenters. The lowest BCUT2D eigenvalue weighted by Gasteiger charge is -2.05. The fourth-order valence-electron chi connectivity index (χ4n) is 2.51. The van der Waals surface area contributed by atoms with Crippen LogP contribution in [-0.2, 0) is 6.54 Å². The second kappa shape index (κ2) is 8.77. The van der Waals surface area contributed by atoms with Gasteiger partial charge in [-0.15, -0.1) is 11.3 Å². The number of carbonyl (C=O) groups is 1. The van der Waals surface area contributed by atoms with Crippen LogP contribution in [-0.4, -0.2) is 20.9 Å². The van der Waals surface area contributed by atoms with E-state index in [9.17, 15) is 4.79 Å². The number of nitrogens with one attached hydrogen (secondary N) is 1. The molecule has 5 nitrogen and oxygen atoms in total. The average molecular weight is 405 g/mol. The van der Waals surface area contributed by atoms with Crippen molar-refractivity contribution >= 4 is 29.0 Å². The molecule has 28 heavy (non-hydrogen) atoms. The average Bonchev–Trinajstić information content (AvgIpc) is 3.23. The monoisotopic (exact) mass is 404 g/mol. The van der Waals surface area contributed by atoms with Crippen LogP contribution < -0.4 is 5.32 Å². The summed E-state index contributed by atoms with van der Waals surface area (Å²) in [5.74, 6) is -0.116. The maximum Gasteiger partial charge on any atom is 0.251 e. The molecule has 0 aliphatic rings. The van der Waals surface area contributed by atoms with Crippen molar-refractivity contribution in [2.45, 2.75) is 16.5 Å². The van der Waals surface area contributed by atoms with E-state index in [1.165, 1.54) is 11.3 Å². The number of nitrogens with zero attached hydrogens (tertiary/aromatic N) is 3. The topological polar surface area (TPSA) is 67.8 Å². The minimum absolute atomic E-state index is 0.116. The molecule has 3 aromatic heterocycles. The molecule has 0 spiro atoms. The smallest absolute Gasteiger partial charge is 0.251 e. The number of thiazole rings is 1. The van der Waals surface area contributed by atoms with Crippen LogP contribution in [0.3, 0.4) is 0 Å². The number of benzene rings is 1. The third-order valence-electron chi connectivity index (χ3n) is 3.90. The van der Waals surface area contributed by atoms with Crippen molar-refractivity contribution in [1.29, 1.82) is 0 Å². The van der Waals surface area contributed by atoms with E-state index in [0.29, 0.717) is 12.1 Å². The van der Waals surface area contributed by atoms with Gasteiger partial charge < -0.3 is 5.32 Å². The highest BCUT2D eigenvalue weighted by atomic mass is 32.2. The molecule has 0 bridgehead atoms. The second-order valence-corrected chi connectivity index (χ2v) is 7.88. The zero-order valence-electron chi connectivity index (χ0n) is 14.8. The van der Waals surface area contributed by atoms with Crippen molar-refractivity contribution in [3.8, 4) is 11.3 Å². The molecule has 0 saturated heterocycles. The molecule has 1 N–H and O–H groups in total. The van der Waals surface area contributed by atoms with Gasteiger partial charge >= 0.3 is 0 Å². The van der Waals surface area contributed by atoms with Crippen LogP contribution in [0.1, 0.15) is 15.4 Å². The number of pyridine rings is 2. The molecule has 0 radical (unpaired) electrons. The summed E-state index contributed by atoms with van der Waals surface area (Å²) in [6.45, 7) is 0.402. The highest BCUT2D eigenvalue weighted by Gasteiger charge is 2.09. The molecule has 1 aromatic carbocycles. The fourth-order valence-corrected chi connectivity index (χ4v) is 4.02. The first-order valence-electron chi connectivity index (χ1n) is 8.60. The van der Waals surface area contributed by atoms with Gasteiger partial charge in [-0.3, -0.25) is 9.78 Å². The zero-order chi connectivity index (χ0) is 19.2. The third-order valence-corrected chi connectivity index (χ3v) is 5.71. The lowest BCUT2D eigenvalue weighted by atomic mass is 10.2. The van der Waals surface area contributed by atoms with Crippen LogP contribution >= 0.6 is 23.1 Å². The van der Waals surface area contributed by atoms with Crippen LogP contribution in [0.15, 0.2) is 88.5 Å². The lowest BCUT2D eigenvalue weighted by Crippen LogP contribution is -2.22. The van der Waals surface area contributed by atoms with Gasteiger partial charge in [0.15, 0.2) is 0 Å². The van der Waals surface area contributed by atoms with Gasteiger partial charge in [-0.2, -0.15) is 0 Å². The molecule has 0 aliphatic carbocycles. The van der Waals surface area contributed by atoms with Crippen molar-refractivity contribution in [2.24, 2.45) is 0 Å². The number of hydrogen-bond donors (Lipinski definition) is 1. The molecular formula is C21H16N4OS2. The maximum absolute atomic E-state index is 12.4. The molecule has 3 heterocycles. The van der Waals surface area contributed by atoms with Crippen LogP contribution in [0.4, 0.5) is 0 Å². The Labute approximate surface area is 170 Å². The minimum atomic E-state index is -0.116. The van der Waals surface area contributed by atoms with Gasteiger partial charge in [0.2, 0.25) is 0 Å². The zero-order valence-corrected chi connectivity index (χ0v) is 16.4. The van der Waals surface area contributed by atoms with Gasteiger partial charge in [0.05, 0.1) is 12.2 Å². The van der Waals surface area contributed by atoms with Gasteiger partial charge in [-0.05, 0) is 48.5 Å². The summed E-state index contributed by atoms with van der Waals surface area (Å²) in [7, 11) is 0. The molecule has 7 heteroatoms. The Morgan fingerprint density at radius 3 is 2.57 bits per heavy atom. The van der Waals surface area contributed by atoms with E-state index in [1.807, 2.05) is 60.0 Å². The molecule has 1 amide bonds. The Balaban J connectivity index is 1.34. The highest BCUT2D eigenvalue weighted by molar-refractivity contribution is 7.99. The molecule has 0 unspecified atom stereocenters. The van der Waals surface area contributed by atoms with E-state index < -0.39 is 0 Å². The first-order valence-corrected chi connectivity index (χ1v) is 10.3. The van der Waals surface area contributed by atoms with Crippen LogP contribution in [0, 0.1) is 0 Å². The summed E-state index contributed by atoms with van der Waals surface area (Å²) in [4.78, 5) is 26.3. The van der Waals surface area contributed by atoms with E-state index in [0.717, 1.165) is 26.2 Å². The lowest BCUT2D eigenvalue weighted by molar-refractivity contribution is 0.0951. The largest absolute Gasteiger partial charge is 0.346 e. The fraction of sp³-hybridized carbons (Fsp3) is 0.0476. The molecule has 138 valence electrons. The number of carbonyl (C=O) groups excluding carboxylic acids is 1. The van der Waals surface area contributed by atoms with Crippen LogP contribution in [0.2, 0.25) is 0 Å². The van der Waals surface area contributed by atoms with Crippen molar-refractivity contribution < 1.29 is 4.79 Å². The molecule has 0 fully saturated rings. The summed E-state index contributed by atoms with van der Waals surface area (Å²) in [6.07, 6.45) is 5.25. The van der Waals surface area contributed by atoms with Gasteiger partial charge in [-0.1, -0.05) is 17.8 Å². The van der Waals surface area contributed by atoms with Crippen molar-refractivity contribution in [3.63, 3.8) is 0 Å². The van der Waals surface area contributed by atoms with E-state index in [1.54, 1.807) is 30.4 Å². The van der Waals surface area contributed by atoms with Gasteiger partial charge in [0, 0.05) is 40.0 Å². The predicted octanol–water partition coefficient (Wildman–Crippen LogP) is 4.68. The Bertz CT molecular complexity index is 1050. The van der Waals surface area contributed by atoms with Crippen molar-refractivity contribution in [3.05, 3.63) is 89.1 Å². The van der Waals surface area contributed by atoms with Crippen molar-refractivity contribution in [2.75, 3.05) is 0 Å². The Kier molecular flexibility index (Phi) is 5.75. The maximum atomic E-state index is 12.4. The predicted molar refractivity (Wildman–Crippen MR) is 111 cm³/mol. The molecule has 0 aliphatic heterocycles. The number of aromatic nitrogens is 3. The number of hydrogen-bond acceptors (Lipinski definition) is 6. The third kappa shape index (κ3) is 4.62. The van der Waals surface area contributed by atoms with Crippen molar-refractivity contribution in [1.82, 2.24) is 20.3 Å². The van der Waals surface area contributed by atoms with Gasteiger partial charge in [0.25, 0.3) is 5.91 Å². The summed E-state index contributed by atoms with van der Waals surface area (Å²) in [6, 6.07) is 17.1. The summed E-state index contributed by atoms with van der Waals surface area (Å²) >= 11 is 3.09. The van der Waals surface area contributed by atoms with E-state index in [-0.39, 0.29) is 5.91 Å². The number of rotatable bonds is 6. The highest BCUT2D eigenvalue weighted by Crippen LogP contribution is 2.25.